The summed E-state index contributed by atoms with van der Waals surface area (Å²) in [4.78, 5) is 25.2. The molecule has 27 heavy (non-hydrogen) atoms. The molecule has 0 saturated heterocycles. The Morgan fingerprint density at radius 3 is 2.56 bits per heavy atom. The van der Waals surface area contributed by atoms with Crippen LogP contribution in [-0.2, 0) is 13.6 Å². The van der Waals surface area contributed by atoms with Crippen LogP contribution in [0.25, 0.3) is 10.8 Å². The molecule has 0 saturated carbocycles. The fourth-order valence-electron chi connectivity index (χ4n) is 2.95. The van der Waals surface area contributed by atoms with Crippen molar-refractivity contribution >= 4 is 22.9 Å². The predicted octanol–water partition coefficient (Wildman–Crippen LogP) is 1.92. The fraction of sp³-hybridized carbons (Fsp3) is 0.316. The first kappa shape index (κ1) is 18.5. The highest BCUT2D eigenvalue weighted by Gasteiger charge is 2.16. The van der Waals surface area contributed by atoms with Gasteiger partial charge in [0.2, 0.25) is 0 Å². The molecule has 2 aromatic heterocycles. The maximum absolute atomic E-state index is 12.7. The van der Waals surface area contributed by atoms with Gasteiger partial charge >= 0.3 is 0 Å². The van der Waals surface area contributed by atoms with E-state index in [1.165, 1.54) is 4.68 Å². The van der Waals surface area contributed by atoms with Gasteiger partial charge in [-0.15, -0.1) is 0 Å². The van der Waals surface area contributed by atoms with Gasteiger partial charge in [0.05, 0.1) is 17.3 Å². The van der Waals surface area contributed by atoms with Gasteiger partial charge in [-0.2, -0.15) is 15.3 Å². The lowest BCUT2D eigenvalue weighted by molar-refractivity contribution is 0.0949. The molecule has 2 heterocycles. The van der Waals surface area contributed by atoms with Crippen LogP contribution in [0.3, 0.4) is 0 Å². The first-order chi connectivity index (χ1) is 12.9. The number of fused-ring (bicyclic) bond motifs is 1. The van der Waals surface area contributed by atoms with Crippen LogP contribution < -0.4 is 11.0 Å². The number of nitrogens with zero attached hydrogens (tertiary/aromatic N) is 5. The lowest BCUT2D eigenvalue weighted by Crippen LogP contribution is -2.29. The van der Waals surface area contributed by atoms with E-state index in [4.69, 9.17) is 0 Å². The van der Waals surface area contributed by atoms with Crippen molar-refractivity contribution in [1.29, 1.82) is 0 Å². The van der Waals surface area contributed by atoms with Gasteiger partial charge in [-0.1, -0.05) is 25.1 Å². The first-order valence-electron chi connectivity index (χ1n) is 8.77. The second-order valence-corrected chi connectivity index (χ2v) is 6.33. The molecule has 0 aliphatic carbocycles. The van der Waals surface area contributed by atoms with Crippen LogP contribution in [0.5, 0.6) is 0 Å². The van der Waals surface area contributed by atoms with E-state index in [2.05, 4.69) is 20.7 Å². The summed E-state index contributed by atoms with van der Waals surface area (Å²) in [6, 6.07) is 6.96. The molecule has 3 rings (SSSR count). The van der Waals surface area contributed by atoms with Crippen LogP contribution in [0.1, 0.15) is 40.8 Å². The number of aryl methyl sites for hydroxylation is 3. The number of carbonyl (C=O) groups is 1. The Labute approximate surface area is 156 Å². The molecule has 1 N–H and O–H groups in total. The molecule has 0 radical (unpaired) electrons. The first-order valence-corrected chi connectivity index (χ1v) is 8.77. The molecule has 1 amide bonds. The molecular weight excluding hydrogens is 344 g/mol. The molecule has 0 aliphatic heterocycles. The summed E-state index contributed by atoms with van der Waals surface area (Å²) in [5.74, 6) is -0.466. The van der Waals surface area contributed by atoms with Crippen LogP contribution in [0, 0.1) is 13.8 Å². The van der Waals surface area contributed by atoms with Crippen molar-refractivity contribution < 1.29 is 4.79 Å². The summed E-state index contributed by atoms with van der Waals surface area (Å²) in [7, 11) is 1.85. The summed E-state index contributed by atoms with van der Waals surface area (Å²) >= 11 is 0. The third-order valence-corrected chi connectivity index (χ3v) is 4.44. The number of benzene rings is 1. The van der Waals surface area contributed by atoms with E-state index in [0.717, 1.165) is 23.4 Å². The van der Waals surface area contributed by atoms with Gasteiger partial charge in [0.25, 0.3) is 11.5 Å². The van der Waals surface area contributed by atoms with Gasteiger partial charge in [-0.25, -0.2) is 10.1 Å². The average molecular weight is 366 g/mol. The zero-order valence-electron chi connectivity index (χ0n) is 15.9. The van der Waals surface area contributed by atoms with Gasteiger partial charge < -0.3 is 0 Å². The summed E-state index contributed by atoms with van der Waals surface area (Å²) < 4.78 is 3.09. The minimum atomic E-state index is -0.466. The van der Waals surface area contributed by atoms with Gasteiger partial charge in [-0.05, 0) is 26.3 Å². The number of hydrazone groups is 1. The Balaban J connectivity index is 1.95. The Morgan fingerprint density at radius 1 is 1.22 bits per heavy atom. The number of nitrogens with one attached hydrogen (secondary N) is 1. The van der Waals surface area contributed by atoms with E-state index in [-0.39, 0.29) is 11.3 Å². The third-order valence-electron chi connectivity index (χ3n) is 4.44. The lowest BCUT2D eigenvalue weighted by atomic mass is 10.1. The summed E-state index contributed by atoms with van der Waals surface area (Å²) in [5.41, 5.74) is 5.11. The highest BCUT2D eigenvalue weighted by atomic mass is 16.2. The number of amides is 1. The van der Waals surface area contributed by atoms with Crippen molar-refractivity contribution in [2.45, 2.75) is 33.7 Å². The molecule has 0 fully saturated rings. The molecule has 140 valence electrons. The van der Waals surface area contributed by atoms with Crippen molar-refractivity contribution in [3.05, 3.63) is 57.3 Å². The molecule has 0 spiro atoms. The number of hydrogen-bond acceptors (Lipinski definition) is 5. The molecular formula is C19H22N6O2. The molecule has 0 atom stereocenters. The number of hydrogen-bond donors (Lipinski definition) is 1. The SMILES string of the molecule is CCCn1nc(C(=O)N/N=C\c2c(C)nn(C)c2C)c2ccccc2c1=O. The molecule has 1 aromatic carbocycles. The van der Waals surface area contributed by atoms with Gasteiger partial charge in [-0.3, -0.25) is 14.3 Å². The lowest BCUT2D eigenvalue weighted by Gasteiger charge is -2.09. The molecule has 0 aliphatic rings. The Hall–Kier alpha value is -3.29. The van der Waals surface area contributed by atoms with Gasteiger partial charge in [0, 0.05) is 30.2 Å². The second kappa shape index (κ2) is 7.53. The van der Waals surface area contributed by atoms with Crippen molar-refractivity contribution in [1.82, 2.24) is 25.0 Å². The van der Waals surface area contributed by atoms with E-state index in [1.54, 1.807) is 35.2 Å². The highest BCUT2D eigenvalue weighted by Crippen LogP contribution is 2.13. The predicted molar refractivity (Wildman–Crippen MR) is 104 cm³/mol. The standard InChI is InChI=1S/C19H22N6O2/c1-5-10-25-19(27)15-9-7-6-8-14(15)17(23-25)18(26)21-20-11-16-12(2)22-24(4)13(16)3/h6-9,11H,5,10H2,1-4H3,(H,21,26)/b20-11-. The van der Waals surface area contributed by atoms with Crippen LogP contribution in [0.15, 0.2) is 34.2 Å². The Kier molecular flexibility index (Phi) is 5.16. The van der Waals surface area contributed by atoms with Crippen molar-refractivity contribution in [2.75, 3.05) is 0 Å². The van der Waals surface area contributed by atoms with Crippen LogP contribution >= 0.6 is 0 Å². The zero-order valence-corrected chi connectivity index (χ0v) is 15.9. The largest absolute Gasteiger partial charge is 0.292 e. The quantitative estimate of drug-likeness (QED) is 0.551. The molecule has 0 unspecified atom stereocenters. The molecule has 0 bridgehead atoms. The topological polar surface area (TPSA) is 94.2 Å². The fourth-order valence-corrected chi connectivity index (χ4v) is 2.95. The highest BCUT2D eigenvalue weighted by molar-refractivity contribution is 6.05. The molecule has 8 nitrogen and oxygen atoms in total. The molecule has 8 heteroatoms. The summed E-state index contributed by atoms with van der Waals surface area (Å²) in [6.45, 7) is 6.21. The van der Waals surface area contributed by atoms with Crippen molar-refractivity contribution in [3.63, 3.8) is 0 Å². The minimum absolute atomic E-state index is 0.176. The second-order valence-electron chi connectivity index (χ2n) is 6.33. The zero-order chi connectivity index (χ0) is 19.6. The smallest absolute Gasteiger partial charge is 0.272 e. The number of rotatable bonds is 5. The van der Waals surface area contributed by atoms with E-state index in [1.807, 2.05) is 27.8 Å². The van der Waals surface area contributed by atoms with E-state index in [9.17, 15) is 9.59 Å². The third kappa shape index (κ3) is 3.51. The summed E-state index contributed by atoms with van der Waals surface area (Å²) in [5, 5.41) is 13.6. The van der Waals surface area contributed by atoms with Crippen molar-refractivity contribution in [3.8, 4) is 0 Å². The van der Waals surface area contributed by atoms with E-state index >= 15 is 0 Å². The average Bonchev–Trinajstić information content (AvgIpc) is 2.90. The molecule has 3 aromatic rings. The van der Waals surface area contributed by atoms with Crippen molar-refractivity contribution in [2.24, 2.45) is 12.1 Å². The van der Waals surface area contributed by atoms with Crippen LogP contribution in [-0.4, -0.2) is 31.7 Å². The Morgan fingerprint density at radius 2 is 1.93 bits per heavy atom. The number of aromatic nitrogens is 4. The van der Waals surface area contributed by atoms with Gasteiger partial charge in [0.15, 0.2) is 5.69 Å². The maximum atomic E-state index is 12.7. The minimum Gasteiger partial charge on any atom is -0.272 e. The van der Waals surface area contributed by atoms with Crippen LogP contribution in [0.2, 0.25) is 0 Å². The van der Waals surface area contributed by atoms with E-state index in [0.29, 0.717) is 17.3 Å². The van der Waals surface area contributed by atoms with Crippen LogP contribution in [0.4, 0.5) is 0 Å². The summed E-state index contributed by atoms with van der Waals surface area (Å²) in [6.07, 6.45) is 2.31. The van der Waals surface area contributed by atoms with E-state index < -0.39 is 5.91 Å². The van der Waals surface area contributed by atoms with Gasteiger partial charge in [0.1, 0.15) is 0 Å². The maximum Gasteiger partial charge on any atom is 0.292 e. The Bertz CT molecular complexity index is 1090. The monoisotopic (exact) mass is 366 g/mol. The number of carbonyl (C=O) groups excluding carboxylic acids is 1. The normalized spacial score (nSPS) is 11.4.